The Hall–Kier alpha value is -1.96. The molecule has 0 bridgehead atoms. The normalized spacial score (nSPS) is 18.7. The maximum absolute atomic E-state index is 2.54. The van der Waals surface area contributed by atoms with E-state index in [0.29, 0.717) is 0 Å². The highest BCUT2D eigenvalue weighted by Crippen LogP contribution is 2.29. The Labute approximate surface area is 146 Å². The molecule has 2 fully saturated rings. The average molecular weight is 320 g/mol. The molecule has 4 rings (SSSR count). The largest absolute Gasteiger partial charge is 0.372 e. The van der Waals surface area contributed by atoms with Crippen LogP contribution in [-0.2, 0) is 0 Å². The standard InChI is InChI=1S/C22H28N2/c1-3-14-23(15-4-1)21-12-10-19(11-13-21)20-8-7-9-22(18-20)24-16-5-2-6-17-24/h7-13,18H,1-6,14-17H2. The van der Waals surface area contributed by atoms with Gasteiger partial charge in [-0.25, -0.2) is 0 Å². The minimum atomic E-state index is 1.21. The number of benzene rings is 2. The molecule has 0 spiro atoms. The number of hydrogen-bond donors (Lipinski definition) is 0. The summed E-state index contributed by atoms with van der Waals surface area (Å²) in [6.07, 6.45) is 8.09. The Balaban J connectivity index is 1.52. The van der Waals surface area contributed by atoms with Crippen LogP contribution in [0.1, 0.15) is 38.5 Å². The fourth-order valence-corrected chi connectivity index (χ4v) is 4.05. The number of piperidine rings is 2. The smallest absolute Gasteiger partial charge is 0.0372 e. The highest BCUT2D eigenvalue weighted by Gasteiger charge is 2.13. The van der Waals surface area contributed by atoms with Crippen molar-refractivity contribution in [1.82, 2.24) is 0 Å². The summed E-state index contributed by atoms with van der Waals surface area (Å²) in [5, 5.41) is 0. The monoisotopic (exact) mass is 320 g/mol. The third kappa shape index (κ3) is 3.43. The van der Waals surface area contributed by atoms with Gasteiger partial charge in [0.25, 0.3) is 0 Å². The van der Waals surface area contributed by atoms with Crippen molar-refractivity contribution in [1.29, 1.82) is 0 Å². The van der Waals surface area contributed by atoms with Crippen LogP contribution in [0.25, 0.3) is 11.1 Å². The molecule has 0 aromatic heterocycles. The first-order chi connectivity index (χ1) is 11.9. The van der Waals surface area contributed by atoms with Gasteiger partial charge in [0, 0.05) is 37.6 Å². The van der Waals surface area contributed by atoms with Gasteiger partial charge in [0.2, 0.25) is 0 Å². The molecule has 0 N–H and O–H groups in total. The molecule has 2 saturated heterocycles. The van der Waals surface area contributed by atoms with Gasteiger partial charge in [-0.2, -0.15) is 0 Å². The lowest BCUT2D eigenvalue weighted by Gasteiger charge is -2.29. The highest BCUT2D eigenvalue weighted by molar-refractivity contribution is 5.70. The summed E-state index contributed by atoms with van der Waals surface area (Å²) in [6, 6.07) is 18.3. The molecule has 2 aromatic rings. The van der Waals surface area contributed by atoms with Gasteiger partial charge < -0.3 is 9.80 Å². The summed E-state index contributed by atoms with van der Waals surface area (Å²) in [4.78, 5) is 5.06. The lowest BCUT2D eigenvalue weighted by atomic mass is 10.0. The van der Waals surface area contributed by atoms with Gasteiger partial charge in [-0.1, -0.05) is 24.3 Å². The second-order valence-electron chi connectivity index (χ2n) is 7.19. The first kappa shape index (κ1) is 15.6. The van der Waals surface area contributed by atoms with Crippen LogP contribution in [0.15, 0.2) is 48.5 Å². The Bertz CT molecular complexity index is 650. The topological polar surface area (TPSA) is 6.48 Å². The van der Waals surface area contributed by atoms with Crippen molar-refractivity contribution in [2.75, 3.05) is 36.0 Å². The van der Waals surface area contributed by atoms with Crippen LogP contribution >= 0.6 is 0 Å². The van der Waals surface area contributed by atoms with Crippen LogP contribution in [0.4, 0.5) is 11.4 Å². The van der Waals surface area contributed by atoms with E-state index >= 15 is 0 Å². The molecule has 2 nitrogen and oxygen atoms in total. The molecule has 2 heterocycles. The Morgan fingerprint density at radius 3 is 1.71 bits per heavy atom. The van der Waals surface area contributed by atoms with Crippen molar-refractivity contribution in [2.45, 2.75) is 38.5 Å². The van der Waals surface area contributed by atoms with Crippen molar-refractivity contribution >= 4 is 11.4 Å². The fraction of sp³-hybridized carbons (Fsp3) is 0.455. The SMILES string of the molecule is c1cc(-c2ccc(N3CCCCC3)cc2)cc(N2CCCCC2)c1. The molecule has 0 amide bonds. The molecule has 2 aliphatic heterocycles. The molecule has 2 heteroatoms. The van der Waals surface area contributed by atoms with E-state index in [9.17, 15) is 0 Å². The van der Waals surface area contributed by atoms with Crippen molar-refractivity contribution in [3.8, 4) is 11.1 Å². The molecule has 0 unspecified atom stereocenters. The van der Waals surface area contributed by atoms with Gasteiger partial charge >= 0.3 is 0 Å². The molecule has 2 aromatic carbocycles. The van der Waals surface area contributed by atoms with Crippen LogP contribution < -0.4 is 9.80 Å². The third-order valence-electron chi connectivity index (χ3n) is 5.49. The summed E-state index contributed by atoms with van der Waals surface area (Å²) in [7, 11) is 0. The van der Waals surface area contributed by atoms with Gasteiger partial charge in [0.1, 0.15) is 0 Å². The van der Waals surface area contributed by atoms with Crippen molar-refractivity contribution in [3.63, 3.8) is 0 Å². The van der Waals surface area contributed by atoms with E-state index in [1.54, 1.807) is 0 Å². The lowest BCUT2D eigenvalue weighted by molar-refractivity contribution is 0.578. The van der Waals surface area contributed by atoms with Crippen molar-refractivity contribution in [3.05, 3.63) is 48.5 Å². The summed E-state index contributed by atoms with van der Waals surface area (Å²) in [5.74, 6) is 0. The van der Waals surface area contributed by atoms with Crippen molar-refractivity contribution in [2.24, 2.45) is 0 Å². The van der Waals surface area contributed by atoms with E-state index in [1.807, 2.05) is 0 Å². The molecule has 0 atom stereocenters. The van der Waals surface area contributed by atoms with E-state index in [4.69, 9.17) is 0 Å². The summed E-state index contributed by atoms with van der Waals surface area (Å²) in [6.45, 7) is 4.84. The van der Waals surface area contributed by atoms with Crippen LogP contribution in [-0.4, -0.2) is 26.2 Å². The zero-order chi connectivity index (χ0) is 16.2. The van der Waals surface area contributed by atoms with Crippen LogP contribution in [0, 0.1) is 0 Å². The fourth-order valence-electron chi connectivity index (χ4n) is 4.05. The molecule has 24 heavy (non-hydrogen) atoms. The average Bonchev–Trinajstić information content (AvgIpc) is 2.70. The quantitative estimate of drug-likeness (QED) is 0.754. The molecule has 0 radical (unpaired) electrons. The van der Waals surface area contributed by atoms with Gasteiger partial charge in [0.05, 0.1) is 0 Å². The Kier molecular flexibility index (Phi) is 4.73. The zero-order valence-electron chi connectivity index (χ0n) is 14.6. The molecule has 0 aliphatic carbocycles. The number of anilines is 2. The van der Waals surface area contributed by atoms with Gasteiger partial charge in [-0.3, -0.25) is 0 Å². The van der Waals surface area contributed by atoms with Crippen LogP contribution in [0.2, 0.25) is 0 Å². The maximum Gasteiger partial charge on any atom is 0.0372 e. The predicted octanol–water partition coefficient (Wildman–Crippen LogP) is 5.33. The Morgan fingerprint density at radius 1 is 0.500 bits per heavy atom. The second kappa shape index (κ2) is 7.29. The maximum atomic E-state index is 2.54. The van der Waals surface area contributed by atoms with E-state index in [0.717, 1.165) is 0 Å². The predicted molar refractivity (Wildman–Crippen MR) is 104 cm³/mol. The number of nitrogens with zero attached hydrogens (tertiary/aromatic N) is 2. The van der Waals surface area contributed by atoms with E-state index in [2.05, 4.69) is 58.3 Å². The van der Waals surface area contributed by atoms with E-state index < -0.39 is 0 Å². The molecule has 2 aliphatic rings. The molecular weight excluding hydrogens is 292 g/mol. The van der Waals surface area contributed by atoms with Crippen LogP contribution in [0.5, 0.6) is 0 Å². The third-order valence-corrected chi connectivity index (χ3v) is 5.49. The minimum absolute atomic E-state index is 1.21. The minimum Gasteiger partial charge on any atom is -0.372 e. The zero-order valence-corrected chi connectivity index (χ0v) is 14.6. The summed E-state index contributed by atoms with van der Waals surface area (Å²) in [5.41, 5.74) is 5.43. The van der Waals surface area contributed by atoms with Crippen molar-refractivity contribution < 1.29 is 0 Å². The van der Waals surface area contributed by atoms with Gasteiger partial charge in [-0.05, 0) is 73.9 Å². The van der Waals surface area contributed by atoms with E-state index in [-0.39, 0.29) is 0 Å². The molecular formula is C22H28N2. The van der Waals surface area contributed by atoms with Gasteiger partial charge in [-0.15, -0.1) is 0 Å². The first-order valence-electron chi connectivity index (χ1n) is 9.60. The lowest BCUT2D eigenvalue weighted by Crippen LogP contribution is -2.29. The summed E-state index contributed by atoms with van der Waals surface area (Å²) >= 11 is 0. The van der Waals surface area contributed by atoms with Crippen LogP contribution in [0.3, 0.4) is 0 Å². The molecule has 126 valence electrons. The Morgan fingerprint density at radius 2 is 1.08 bits per heavy atom. The number of rotatable bonds is 3. The highest BCUT2D eigenvalue weighted by atomic mass is 15.1. The number of hydrogen-bond acceptors (Lipinski definition) is 2. The molecule has 0 saturated carbocycles. The second-order valence-corrected chi connectivity index (χ2v) is 7.19. The van der Waals surface area contributed by atoms with Gasteiger partial charge in [0.15, 0.2) is 0 Å². The summed E-state index contributed by atoms with van der Waals surface area (Å²) < 4.78 is 0. The first-order valence-corrected chi connectivity index (χ1v) is 9.60. The van der Waals surface area contributed by atoms with E-state index in [1.165, 1.54) is 87.2 Å².